The highest BCUT2D eigenvalue weighted by Gasteiger charge is 2.12. The van der Waals surface area contributed by atoms with Crippen LogP contribution >= 0.6 is 0 Å². The quantitative estimate of drug-likeness (QED) is 0.904. The summed E-state index contributed by atoms with van der Waals surface area (Å²) < 4.78 is 18.5. The zero-order valence-corrected chi connectivity index (χ0v) is 10.5. The Morgan fingerprint density at radius 1 is 1.44 bits per heavy atom. The first-order valence-electron chi connectivity index (χ1n) is 5.95. The zero-order chi connectivity index (χ0) is 13.1. The van der Waals surface area contributed by atoms with E-state index in [2.05, 4.69) is 10.1 Å². The van der Waals surface area contributed by atoms with Crippen molar-refractivity contribution in [3.05, 3.63) is 35.4 Å². The fourth-order valence-electron chi connectivity index (χ4n) is 1.56. The number of nitrogens with zero attached hydrogens (tertiary/aromatic N) is 2. The van der Waals surface area contributed by atoms with Crippen molar-refractivity contribution in [3.8, 4) is 11.5 Å². The molecule has 1 aromatic heterocycles. The average molecular weight is 249 g/mol. The molecular weight excluding hydrogens is 233 g/mol. The van der Waals surface area contributed by atoms with Gasteiger partial charge in [0.15, 0.2) is 5.82 Å². The molecule has 1 heterocycles. The minimum atomic E-state index is -0.280. The third-order valence-electron chi connectivity index (χ3n) is 2.86. The molecule has 1 aromatic carbocycles. The molecule has 2 aromatic rings. The normalized spacial score (nSPS) is 12.7. The van der Waals surface area contributed by atoms with Crippen LogP contribution in [0.15, 0.2) is 22.7 Å². The van der Waals surface area contributed by atoms with Gasteiger partial charge in [-0.1, -0.05) is 18.1 Å². The molecule has 0 aliphatic heterocycles. The number of hydrogen-bond acceptors (Lipinski definition) is 4. The van der Waals surface area contributed by atoms with E-state index in [-0.39, 0.29) is 11.9 Å². The number of hydrogen-bond donors (Lipinski definition) is 1. The highest BCUT2D eigenvalue weighted by Crippen LogP contribution is 2.20. The Bertz CT molecular complexity index is 539. The number of aryl methyl sites for hydroxylation is 1. The van der Waals surface area contributed by atoms with Gasteiger partial charge < -0.3 is 10.3 Å². The lowest BCUT2D eigenvalue weighted by atomic mass is 10.1. The summed E-state index contributed by atoms with van der Waals surface area (Å²) in [6, 6.07) is 4.86. The van der Waals surface area contributed by atoms with Gasteiger partial charge in [0.25, 0.3) is 5.89 Å². The van der Waals surface area contributed by atoms with Crippen LogP contribution in [0.4, 0.5) is 4.39 Å². The van der Waals surface area contributed by atoms with Gasteiger partial charge in [0, 0.05) is 18.0 Å². The molecule has 4 nitrogen and oxygen atoms in total. The van der Waals surface area contributed by atoms with E-state index < -0.39 is 0 Å². The maximum Gasteiger partial charge on any atom is 0.258 e. The molecule has 0 saturated carbocycles. The molecule has 0 bridgehead atoms. The molecule has 0 aliphatic rings. The predicted octanol–water partition coefficient (Wildman–Crippen LogP) is 2.46. The van der Waals surface area contributed by atoms with Crippen LogP contribution in [-0.4, -0.2) is 16.2 Å². The van der Waals surface area contributed by atoms with Crippen molar-refractivity contribution in [2.75, 3.05) is 0 Å². The van der Waals surface area contributed by atoms with Gasteiger partial charge in [-0.25, -0.2) is 4.39 Å². The van der Waals surface area contributed by atoms with E-state index in [9.17, 15) is 4.39 Å². The summed E-state index contributed by atoms with van der Waals surface area (Å²) in [6.45, 7) is 3.71. The van der Waals surface area contributed by atoms with Crippen LogP contribution in [-0.2, 0) is 6.42 Å². The van der Waals surface area contributed by atoms with Crippen molar-refractivity contribution < 1.29 is 8.91 Å². The van der Waals surface area contributed by atoms with Crippen LogP contribution in [0.2, 0.25) is 0 Å². The minimum absolute atomic E-state index is 0.0187. The molecule has 18 heavy (non-hydrogen) atoms. The van der Waals surface area contributed by atoms with E-state index in [4.69, 9.17) is 10.3 Å². The molecule has 5 heteroatoms. The molecule has 2 N–H and O–H groups in total. The van der Waals surface area contributed by atoms with Crippen molar-refractivity contribution in [2.24, 2.45) is 5.73 Å². The second-order valence-electron chi connectivity index (χ2n) is 4.35. The Morgan fingerprint density at radius 3 is 2.89 bits per heavy atom. The van der Waals surface area contributed by atoms with Gasteiger partial charge in [0.05, 0.1) is 0 Å². The molecule has 2 rings (SSSR count). The topological polar surface area (TPSA) is 64.9 Å². The molecule has 0 aliphatic carbocycles. The van der Waals surface area contributed by atoms with E-state index in [1.54, 1.807) is 19.1 Å². The van der Waals surface area contributed by atoms with E-state index in [0.29, 0.717) is 29.3 Å². The summed E-state index contributed by atoms with van der Waals surface area (Å²) in [5.74, 6) is 0.602. The molecular formula is C13H16FN3O. The fraction of sp³-hybridized carbons (Fsp3) is 0.385. The number of rotatable bonds is 4. The second-order valence-corrected chi connectivity index (χ2v) is 4.35. The lowest BCUT2D eigenvalue weighted by Gasteiger charge is -2.02. The SMILES string of the molecule is CCC(N)Cc1noc(-c2ccc(C)c(F)c2)n1. The van der Waals surface area contributed by atoms with E-state index >= 15 is 0 Å². The first-order valence-corrected chi connectivity index (χ1v) is 5.95. The van der Waals surface area contributed by atoms with Crippen LogP contribution in [0.1, 0.15) is 24.7 Å². The number of benzene rings is 1. The summed E-state index contributed by atoms with van der Waals surface area (Å²) in [4.78, 5) is 4.21. The standard InChI is InChI=1S/C13H16FN3O/c1-3-10(15)7-12-16-13(18-17-12)9-5-4-8(2)11(14)6-9/h4-6,10H,3,7,15H2,1-2H3. The Labute approximate surface area is 105 Å². The first-order chi connectivity index (χ1) is 8.60. The van der Waals surface area contributed by atoms with Crippen molar-refractivity contribution in [1.29, 1.82) is 0 Å². The van der Waals surface area contributed by atoms with Crippen molar-refractivity contribution in [2.45, 2.75) is 32.7 Å². The van der Waals surface area contributed by atoms with Gasteiger partial charge in [-0.2, -0.15) is 4.98 Å². The van der Waals surface area contributed by atoms with Crippen molar-refractivity contribution in [3.63, 3.8) is 0 Å². The maximum absolute atomic E-state index is 13.4. The number of aromatic nitrogens is 2. The maximum atomic E-state index is 13.4. The monoisotopic (exact) mass is 249 g/mol. The molecule has 0 amide bonds. The fourth-order valence-corrected chi connectivity index (χ4v) is 1.56. The Kier molecular flexibility index (Phi) is 3.72. The molecule has 0 spiro atoms. The highest BCUT2D eigenvalue weighted by atomic mass is 19.1. The molecule has 0 radical (unpaired) electrons. The van der Waals surface area contributed by atoms with Crippen LogP contribution in [0.5, 0.6) is 0 Å². The van der Waals surface area contributed by atoms with E-state index in [1.807, 2.05) is 6.92 Å². The van der Waals surface area contributed by atoms with Crippen LogP contribution in [0.25, 0.3) is 11.5 Å². The lowest BCUT2D eigenvalue weighted by molar-refractivity contribution is 0.419. The average Bonchev–Trinajstić information content (AvgIpc) is 2.81. The summed E-state index contributed by atoms with van der Waals surface area (Å²) in [6.07, 6.45) is 1.41. The van der Waals surface area contributed by atoms with Crippen LogP contribution in [0.3, 0.4) is 0 Å². The minimum Gasteiger partial charge on any atom is -0.334 e. The van der Waals surface area contributed by atoms with Gasteiger partial charge in [0.1, 0.15) is 5.82 Å². The Morgan fingerprint density at radius 2 is 2.22 bits per heavy atom. The number of nitrogens with two attached hydrogens (primary N) is 1. The number of halogens is 1. The summed E-state index contributed by atoms with van der Waals surface area (Å²) in [5.41, 5.74) is 6.99. The predicted molar refractivity (Wildman–Crippen MR) is 66.4 cm³/mol. The van der Waals surface area contributed by atoms with Crippen LogP contribution in [0, 0.1) is 12.7 Å². The highest BCUT2D eigenvalue weighted by molar-refractivity contribution is 5.53. The summed E-state index contributed by atoms with van der Waals surface area (Å²) >= 11 is 0. The van der Waals surface area contributed by atoms with Gasteiger partial charge in [-0.05, 0) is 31.0 Å². The third-order valence-corrected chi connectivity index (χ3v) is 2.86. The van der Waals surface area contributed by atoms with E-state index in [0.717, 1.165) is 6.42 Å². The Hall–Kier alpha value is -1.75. The third kappa shape index (κ3) is 2.73. The van der Waals surface area contributed by atoms with E-state index in [1.165, 1.54) is 6.07 Å². The molecule has 1 atom stereocenters. The van der Waals surface area contributed by atoms with Gasteiger partial charge >= 0.3 is 0 Å². The van der Waals surface area contributed by atoms with Gasteiger partial charge in [-0.15, -0.1) is 0 Å². The zero-order valence-electron chi connectivity index (χ0n) is 10.5. The first kappa shape index (κ1) is 12.7. The lowest BCUT2D eigenvalue weighted by Crippen LogP contribution is -2.21. The van der Waals surface area contributed by atoms with Crippen molar-refractivity contribution >= 4 is 0 Å². The molecule has 0 fully saturated rings. The van der Waals surface area contributed by atoms with Crippen molar-refractivity contribution in [1.82, 2.24) is 10.1 Å². The Balaban J connectivity index is 2.21. The molecule has 96 valence electrons. The van der Waals surface area contributed by atoms with Gasteiger partial charge in [0.2, 0.25) is 0 Å². The molecule has 1 unspecified atom stereocenters. The second kappa shape index (κ2) is 5.27. The summed E-state index contributed by atoms with van der Waals surface area (Å²) in [7, 11) is 0. The largest absolute Gasteiger partial charge is 0.334 e. The summed E-state index contributed by atoms with van der Waals surface area (Å²) in [5, 5.41) is 3.84. The molecule has 0 saturated heterocycles. The van der Waals surface area contributed by atoms with Gasteiger partial charge in [-0.3, -0.25) is 0 Å². The smallest absolute Gasteiger partial charge is 0.258 e. The van der Waals surface area contributed by atoms with Crippen LogP contribution < -0.4 is 5.73 Å².